The van der Waals surface area contributed by atoms with E-state index in [1.165, 1.54) is 0 Å². The van der Waals surface area contributed by atoms with E-state index >= 15 is 0 Å². The molecule has 100 valence electrons. The van der Waals surface area contributed by atoms with Crippen molar-refractivity contribution in [2.45, 2.75) is 13.5 Å². The van der Waals surface area contributed by atoms with Crippen LogP contribution in [-0.2, 0) is 6.54 Å². The van der Waals surface area contributed by atoms with Crippen molar-refractivity contribution in [3.05, 3.63) is 59.2 Å². The Bertz CT molecular complexity index is 775. The van der Waals surface area contributed by atoms with E-state index in [4.69, 9.17) is 5.11 Å². The predicted octanol–water partition coefficient (Wildman–Crippen LogP) is 2.49. The van der Waals surface area contributed by atoms with Crippen LogP contribution in [-0.4, -0.2) is 26.1 Å². The summed E-state index contributed by atoms with van der Waals surface area (Å²) in [6, 6.07) is 12.7. The second-order valence-corrected chi connectivity index (χ2v) is 4.72. The molecule has 3 rings (SSSR count). The minimum absolute atomic E-state index is 0.281. The smallest absolute Gasteiger partial charge is 0.335 e. The number of aryl methyl sites for hydroxylation is 1. The Kier molecular flexibility index (Phi) is 2.95. The van der Waals surface area contributed by atoms with E-state index in [9.17, 15) is 4.79 Å². The zero-order chi connectivity index (χ0) is 14.1. The largest absolute Gasteiger partial charge is 0.478 e. The van der Waals surface area contributed by atoms with Gasteiger partial charge < -0.3 is 5.11 Å². The van der Waals surface area contributed by atoms with Crippen molar-refractivity contribution < 1.29 is 9.90 Å². The van der Waals surface area contributed by atoms with E-state index < -0.39 is 5.97 Å². The van der Waals surface area contributed by atoms with Crippen LogP contribution >= 0.6 is 0 Å². The maximum atomic E-state index is 10.8. The molecular formula is C15H13N3O2. The number of aromatic nitrogens is 3. The molecule has 0 aliphatic heterocycles. The molecule has 1 heterocycles. The summed E-state index contributed by atoms with van der Waals surface area (Å²) < 4.78 is 0. The Hall–Kier alpha value is -2.69. The molecule has 0 amide bonds. The Morgan fingerprint density at radius 3 is 2.50 bits per heavy atom. The number of benzene rings is 2. The van der Waals surface area contributed by atoms with E-state index in [-0.39, 0.29) is 5.56 Å². The highest BCUT2D eigenvalue weighted by Gasteiger charge is 2.05. The van der Waals surface area contributed by atoms with Gasteiger partial charge in [-0.25, -0.2) is 4.79 Å². The van der Waals surface area contributed by atoms with Crippen molar-refractivity contribution in [3.8, 4) is 0 Å². The molecule has 3 aromatic rings. The summed E-state index contributed by atoms with van der Waals surface area (Å²) in [7, 11) is 0. The van der Waals surface area contributed by atoms with Gasteiger partial charge in [-0.3, -0.25) is 0 Å². The monoisotopic (exact) mass is 267 g/mol. The summed E-state index contributed by atoms with van der Waals surface area (Å²) in [5.74, 6) is -0.921. The second kappa shape index (κ2) is 4.77. The molecule has 0 aliphatic carbocycles. The summed E-state index contributed by atoms with van der Waals surface area (Å²) in [5.41, 5.74) is 4.12. The number of carbonyl (C=O) groups is 1. The maximum Gasteiger partial charge on any atom is 0.335 e. The molecule has 1 N–H and O–H groups in total. The lowest BCUT2D eigenvalue weighted by Gasteiger charge is -2.00. The van der Waals surface area contributed by atoms with Crippen LogP contribution in [0.2, 0.25) is 0 Å². The van der Waals surface area contributed by atoms with Crippen molar-refractivity contribution in [1.82, 2.24) is 15.0 Å². The molecule has 0 radical (unpaired) electrons. The first-order valence-corrected chi connectivity index (χ1v) is 6.25. The molecule has 1 aromatic heterocycles. The minimum atomic E-state index is -0.921. The first-order valence-electron chi connectivity index (χ1n) is 6.25. The van der Waals surface area contributed by atoms with Crippen LogP contribution < -0.4 is 0 Å². The van der Waals surface area contributed by atoms with Crippen molar-refractivity contribution >= 4 is 17.0 Å². The highest BCUT2D eigenvalue weighted by molar-refractivity contribution is 5.87. The van der Waals surface area contributed by atoms with E-state index in [1.807, 2.05) is 25.1 Å². The molecule has 0 unspecified atom stereocenters. The highest BCUT2D eigenvalue weighted by atomic mass is 16.4. The van der Waals surface area contributed by atoms with Crippen LogP contribution in [0, 0.1) is 6.92 Å². The fraction of sp³-hybridized carbons (Fsp3) is 0.133. The van der Waals surface area contributed by atoms with Crippen LogP contribution in [0.3, 0.4) is 0 Å². The fourth-order valence-corrected chi connectivity index (χ4v) is 2.06. The van der Waals surface area contributed by atoms with Crippen molar-refractivity contribution in [3.63, 3.8) is 0 Å². The number of aromatic carboxylic acids is 1. The molecule has 0 aliphatic rings. The van der Waals surface area contributed by atoms with Gasteiger partial charge in [0.1, 0.15) is 11.0 Å². The van der Waals surface area contributed by atoms with Crippen LogP contribution in [0.15, 0.2) is 42.5 Å². The molecule has 2 aromatic carbocycles. The summed E-state index contributed by atoms with van der Waals surface area (Å²) in [5, 5.41) is 17.7. The normalized spacial score (nSPS) is 10.8. The van der Waals surface area contributed by atoms with Gasteiger partial charge >= 0.3 is 5.97 Å². The lowest BCUT2D eigenvalue weighted by Crippen LogP contribution is -2.04. The molecule has 5 nitrogen and oxygen atoms in total. The summed E-state index contributed by atoms with van der Waals surface area (Å²) in [6.07, 6.45) is 0. The van der Waals surface area contributed by atoms with Crippen molar-refractivity contribution in [2.75, 3.05) is 0 Å². The Morgan fingerprint density at radius 1 is 1.10 bits per heavy atom. The zero-order valence-electron chi connectivity index (χ0n) is 10.9. The fourth-order valence-electron chi connectivity index (χ4n) is 2.06. The minimum Gasteiger partial charge on any atom is -0.478 e. The molecule has 0 saturated carbocycles. The molecule has 0 bridgehead atoms. The van der Waals surface area contributed by atoms with Gasteiger partial charge in [0.05, 0.1) is 12.1 Å². The summed E-state index contributed by atoms with van der Waals surface area (Å²) in [4.78, 5) is 12.4. The number of carboxylic acid groups (broad SMARTS) is 1. The quantitative estimate of drug-likeness (QED) is 0.791. The number of rotatable bonds is 3. The van der Waals surface area contributed by atoms with Gasteiger partial charge in [-0.15, -0.1) is 0 Å². The highest BCUT2D eigenvalue weighted by Crippen LogP contribution is 2.12. The van der Waals surface area contributed by atoms with Gasteiger partial charge in [0, 0.05) is 0 Å². The van der Waals surface area contributed by atoms with E-state index in [2.05, 4.69) is 10.2 Å². The summed E-state index contributed by atoms with van der Waals surface area (Å²) in [6.45, 7) is 2.54. The molecule has 0 saturated heterocycles. The third kappa shape index (κ3) is 2.38. The van der Waals surface area contributed by atoms with Gasteiger partial charge in [0.15, 0.2) is 0 Å². The third-order valence-electron chi connectivity index (χ3n) is 3.10. The standard InChI is InChI=1S/C15H13N3O2/c1-10-2-7-13-14(8-10)17-18(16-13)9-11-3-5-12(6-4-11)15(19)20/h2-8H,9H2,1H3,(H,19,20). The number of hydrogen-bond donors (Lipinski definition) is 1. The Balaban J connectivity index is 1.87. The third-order valence-corrected chi connectivity index (χ3v) is 3.10. The number of nitrogens with zero attached hydrogens (tertiary/aromatic N) is 3. The van der Waals surface area contributed by atoms with Crippen LogP contribution in [0.5, 0.6) is 0 Å². The topological polar surface area (TPSA) is 68.0 Å². The average molecular weight is 267 g/mol. The predicted molar refractivity (Wildman–Crippen MR) is 74.8 cm³/mol. The van der Waals surface area contributed by atoms with Gasteiger partial charge in [-0.2, -0.15) is 15.0 Å². The molecule has 5 heteroatoms. The Labute approximate surface area is 115 Å². The molecule has 0 spiro atoms. The molecule has 0 atom stereocenters. The Morgan fingerprint density at radius 2 is 1.80 bits per heavy atom. The maximum absolute atomic E-state index is 10.8. The van der Waals surface area contributed by atoms with Gasteiger partial charge in [-0.1, -0.05) is 18.2 Å². The molecular weight excluding hydrogens is 254 g/mol. The summed E-state index contributed by atoms with van der Waals surface area (Å²) >= 11 is 0. The second-order valence-electron chi connectivity index (χ2n) is 4.72. The molecule has 20 heavy (non-hydrogen) atoms. The SMILES string of the molecule is Cc1ccc2nn(Cc3ccc(C(=O)O)cc3)nc2c1. The van der Waals surface area contributed by atoms with Crippen LogP contribution in [0.1, 0.15) is 21.5 Å². The van der Waals surface area contributed by atoms with Crippen LogP contribution in [0.4, 0.5) is 0 Å². The lowest BCUT2D eigenvalue weighted by atomic mass is 10.1. The van der Waals surface area contributed by atoms with E-state index in [0.717, 1.165) is 22.2 Å². The van der Waals surface area contributed by atoms with Gasteiger partial charge in [0.2, 0.25) is 0 Å². The number of carboxylic acids is 1. The van der Waals surface area contributed by atoms with E-state index in [0.29, 0.717) is 6.54 Å². The van der Waals surface area contributed by atoms with E-state index in [1.54, 1.807) is 29.1 Å². The lowest BCUT2D eigenvalue weighted by molar-refractivity contribution is 0.0697. The zero-order valence-corrected chi connectivity index (χ0v) is 10.9. The molecule has 0 fully saturated rings. The number of fused-ring (bicyclic) bond motifs is 1. The average Bonchev–Trinajstić information content (AvgIpc) is 2.80. The van der Waals surface area contributed by atoms with Gasteiger partial charge in [0.25, 0.3) is 0 Å². The van der Waals surface area contributed by atoms with Crippen molar-refractivity contribution in [2.24, 2.45) is 0 Å². The number of hydrogen-bond acceptors (Lipinski definition) is 3. The first kappa shape index (κ1) is 12.3. The van der Waals surface area contributed by atoms with Crippen LogP contribution in [0.25, 0.3) is 11.0 Å². The van der Waals surface area contributed by atoms with Crippen molar-refractivity contribution in [1.29, 1.82) is 0 Å². The van der Waals surface area contributed by atoms with Gasteiger partial charge in [-0.05, 0) is 42.3 Å². The first-order chi connectivity index (χ1) is 9.61.